The van der Waals surface area contributed by atoms with E-state index in [0.717, 1.165) is 11.1 Å². The van der Waals surface area contributed by atoms with E-state index >= 15 is 0 Å². The van der Waals surface area contributed by atoms with E-state index in [1.54, 1.807) is 37.3 Å². The largest absolute Gasteiger partial charge is 0.325 e. The summed E-state index contributed by atoms with van der Waals surface area (Å²) in [4.78, 5) is 14.6. The van der Waals surface area contributed by atoms with E-state index in [4.69, 9.17) is 5.26 Å². The van der Waals surface area contributed by atoms with Crippen LogP contribution in [0.4, 0.5) is 5.69 Å². The fraction of sp³-hybridized carbons (Fsp3) is 0.333. The van der Waals surface area contributed by atoms with Crippen LogP contribution < -0.4 is 5.32 Å². The van der Waals surface area contributed by atoms with Gasteiger partial charge >= 0.3 is 0 Å². The van der Waals surface area contributed by atoms with Gasteiger partial charge in [0.05, 0.1) is 23.1 Å². The lowest BCUT2D eigenvalue weighted by Gasteiger charge is -2.33. The average molecular weight is 413 g/mol. The van der Waals surface area contributed by atoms with Crippen LogP contribution in [0.3, 0.4) is 0 Å². The van der Waals surface area contributed by atoms with Gasteiger partial charge in [-0.25, -0.2) is 8.42 Å². The number of sulfonamides is 1. The van der Waals surface area contributed by atoms with E-state index in [9.17, 15) is 13.2 Å². The van der Waals surface area contributed by atoms with Gasteiger partial charge in [-0.15, -0.1) is 0 Å². The highest BCUT2D eigenvalue weighted by atomic mass is 32.2. The quantitative estimate of drug-likeness (QED) is 0.812. The van der Waals surface area contributed by atoms with Crippen molar-refractivity contribution in [3.8, 4) is 6.07 Å². The van der Waals surface area contributed by atoms with Crippen LogP contribution in [0, 0.1) is 25.2 Å². The van der Waals surface area contributed by atoms with Crippen LogP contribution in [-0.4, -0.2) is 56.3 Å². The number of hydrogen-bond acceptors (Lipinski definition) is 5. The molecule has 3 rings (SSSR count). The van der Waals surface area contributed by atoms with Crippen molar-refractivity contribution in [3.05, 3.63) is 59.2 Å². The molecule has 8 heteroatoms. The SMILES string of the molecule is Cc1ccc(C)c(S(=O)(=O)N2CCN(CC(=O)Nc3cccc(C#N)c3)CC2)c1. The molecule has 0 bridgehead atoms. The molecule has 0 aliphatic carbocycles. The summed E-state index contributed by atoms with van der Waals surface area (Å²) in [5.74, 6) is -0.189. The summed E-state index contributed by atoms with van der Waals surface area (Å²) in [6.45, 7) is 5.50. The molecule has 1 N–H and O–H groups in total. The average Bonchev–Trinajstić information content (AvgIpc) is 2.70. The summed E-state index contributed by atoms with van der Waals surface area (Å²) in [6, 6.07) is 14.2. The van der Waals surface area contributed by atoms with Crippen molar-refractivity contribution in [1.29, 1.82) is 5.26 Å². The third-order valence-corrected chi connectivity index (χ3v) is 6.98. The number of benzene rings is 2. The smallest absolute Gasteiger partial charge is 0.243 e. The van der Waals surface area contributed by atoms with E-state index in [-0.39, 0.29) is 12.5 Å². The molecule has 0 spiro atoms. The monoisotopic (exact) mass is 412 g/mol. The van der Waals surface area contributed by atoms with Gasteiger partial charge < -0.3 is 5.32 Å². The number of rotatable bonds is 5. The van der Waals surface area contributed by atoms with Gasteiger partial charge in [0.1, 0.15) is 0 Å². The Hall–Kier alpha value is -2.73. The van der Waals surface area contributed by atoms with Crippen LogP contribution in [0.1, 0.15) is 16.7 Å². The maximum atomic E-state index is 13.0. The minimum Gasteiger partial charge on any atom is -0.325 e. The van der Waals surface area contributed by atoms with Gasteiger partial charge in [-0.05, 0) is 49.2 Å². The number of anilines is 1. The highest BCUT2D eigenvalue weighted by molar-refractivity contribution is 7.89. The zero-order valence-corrected chi connectivity index (χ0v) is 17.4. The lowest BCUT2D eigenvalue weighted by Crippen LogP contribution is -2.50. The second-order valence-electron chi connectivity index (χ2n) is 7.19. The standard InChI is InChI=1S/C21H24N4O3S/c1-16-6-7-17(2)20(12-16)29(27,28)25-10-8-24(9-11-25)15-21(26)23-19-5-3-4-18(13-19)14-22/h3-7,12-13H,8-11,15H2,1-2H3,(H,23,26). The molecular formula is C21H24N4O3S. The number of carbonyl (C=O) groups is 1. The van der Waals surface area contributed by atoms with Crippen LogP contribution in [0.15, 0.2) is 47.4 Å². The summed E-state index contributed by atoms with van der Waals surface area (Å²) >= 11 is 0. The van der Waals surface area contributed by atoms with Crippen molar-refractivity contribution in [2.24, 2.45) is 0 Å². The maximum absolute atomic E-state index is 13.0. The van der Waals surface area contributed by atoms with Gasteiger partial charge in [-0.3, -0.25) is 9.69 Å². The summed E-state index contributed by atoms with van der Waals surface area (Å²) in [5.41, 5.74) is 2.69. The third kappa shape index (κ3) is 5.01. The number of aryl methyl sites for hydroxylation is 2. The van der Waals surface area contributed by atoms with Crippen LogP contribution >= 0.6 is 0 Å². The third-order valence-electron chi connectivity index (χ3n) is 4.94. The number of carbonyl (C=O) groups excluding carboxylic acids is 1. The van der Waals surface area contributed by atoms with Crippen LogP contribution in [0.25, 0.3) is 0 Å². The Labute approximate surface area is 171 Å². The number of nitrogens with zero attached hydrogens (tertiary/aromatic N) is 3. The Bertz CT molecular complexity index is 1050. The highest BCUT2D eigenvalue weighted by Crippen LogP contribution is 2.22. The predicted octanol–water partition coefficient (Wildman–Crippen LogP) is 2.12. The second-order valence-corrected chi connectivity index (χ2v) is 9.10. The molecule has 1 aliphatic rings. The van der Waals surface area contributed by atoms with Gasteiger partial charge in [0, 0.05) is 31.9 Å². The summed E-state index contributed by atoms with van der Waals surface area (Å²) in [6.07, 6.45) is 0. The van der Waals surface area contributed by atoms with Crippen molar-refractivity contribution in [2.75, 3.05) is 38.0 Å². The Morgan fingerprint density at radius 2 is 1.83 bits per heavy atom. The first-order valence-electron chi connectivity index (χ1n) is 9.39. The van der Waals surface area contributed by atoms with Crippen molar-refractivity contribution in [3.63, 3.8) is 0 Å². The van der Waals surface area contributed by atoms with E-state index in [1.165, 1.54) is 4.31 Å². The van der Waals surface area contributed by atoms with Crippen molar-refractivity contribution in [2.45, 2.75) is 18.7 Å². The summed E-state index contributed by atoms with van der Waals surface area (Å²) < 4.78 is 27.5. The first-order valence-corrected chi connectivity index (χ1v) is 10.8. The molecule has 1 aliphatic heterocycles. The van der Waals surface area contributed by atoms with Crippen molar-refractivity contribution >= 4 is 21.6 Å². The molecule has 152 valence electrons. The topological polar surface area (TPSA) is 93.5 Å². The molecule has 29 heavy (non-hydrogen) atoms. The zero-order valence-electron chi connectivity index (χ0n) is 16.6. The minimum atomic E-state index is -3.55. The molecule has 7 nitrogen and oxygen atoms in total. The molecule has 1 saturated heterocycles. The maximum Gasteiger partial charge on any atom is 0.243 e. The van der Waals surface area contributed by atoms with E-state index in [2.05, 4.69) is 5.32 Å². The fourth-order valence-corrected chi connectivity index (χ4v) is 5.05. The molecule has 2 aromatic carbocycles. The molecule has 0 saturated carbocycles. The number of piperazine rings is 1. The van der Waals surface area contributed by atoms with E-state index < -0.39 is 10.0 Å². The van der Waals surface area contributed by atoms with Gasteiger partial charge in [0.2, 0.25) is 15.9 Å². The Morgan fingerprint density at radius 1 is 1.10 bits per heavy atom. The van der Waals surface area contributed by atoms with E-state index in [0.29, 0.717) is 42.3 Å². The molecule has 1 fully saturated rings. The van der Waals surface area contributed by atoms with Crippen LogP contribution in [-0.2, 0) is 14.8 Å². The van der Waals surface area contributed by atoms with Crippen LogP contribution in [0.5, 0.6) is 0 Å². The first kappa shape index (κ1) is 21.0. The Balaban J connectivity index is 1.58. The molecule has 2 aromatic rings. The number of hydrogen-bond donors (Lipinski definition) is 1. The molecule has 0 unspecified atom stereocenters. The lowest BCUT2D eigenvalue weighted by molar-refractivity contribution is -0.117. The second kappa shape index (κ2) is 8.74. The van der Waals surface area contributed by atoms with Gasteiger partial charge in [-0.1, -0.05) is 18.2 Å². The number of nitrogens with one attached hydrogen (secondary N) is 1. The molecule has 0 radical (unpaired) electrons. The number of amides is 1. The molecule has 0 atom stereocenters. The first-order chi connectivity index (χ1) is 13.8. The fourth-order valence-electron chi connectivity index (χ4n) is 3.32. The van der Waals surface area contributed by atoms with Crippen LogP contribution in [0.2, 0.25) is 0 Å². The molecule has 1 amide bonds. The summed E-state index contributed by atoms with van der Waals surface area (Å²) in [5, 5.41) is 11.7. The normalized spacial score (nSPS) is 15.6. The van der Waals surface area contributed by atoms with Crippen molar-refractivity contribution in [1.82, 2.24) is 9.21 Å². The minimum absolute atomic E-state index is 0.175. The Kier molecular flexibility index (Phi) is 6.33. The van der Waals surface area contributed by atoms with E-state index in [1.807, 2.05) is 30.0 Å². The molecular weight excluding hydrogens is 388 g/mol. The molecule has 1 heterocycles. The summed E-state index contributed by atoms with van der Waals surface area (Å²) in [7, 11) is -3.55. The van der Waals surface area contributed by atoms with Gasteiger partial charge in [0.15, 0.2) is 0 Å². The molecule has 0 aromatic heterocycles. The van der Waals surface area contributed by atoms with Gasteiger partial charge in [0.25, 0.3) is 0 Å². The Morgan fingerprint density at radius 3 is 2.52 bits per heavy atom. The van der Waals surface area contributed by atoms with Crippen molar-refractivity contribution < 1.29 is 13.2 Å². The predicted molar refractivity (Wildman–Crippen MR) is 111 cm³/mol. The zero-order chi connectivity index (χ0) is 21.0. The highest BCUT2D eigenvalue weighted by Gasteiger charge is 2.30. The van der Waals surface area contributed by atoms with Gasteiger partial charge in [-0.2, -0.15) is 9.57 Å². The number of nitriles is 1. The lowest BCUT2D eigenvalue weighted by atomic mass is 10.2.